The van der Waals surface area contributed by atoms with Gasteiger partial charge in [-0.15, -0.1) is 12.3 Å². The first kappa shape index (κ1) is 15.1. The maximum absolute atomic E-state index is 10.1. The van der Waals surface area contributed by atoms with Crippen molar-refractivity contribution in [1.29, 1.82) is 0 Å². The maximum atomic E-state index is 10.1. The van der Waals surface area contributed by atoms with E-state index >= 15 is 0 Å². The molecule has 0 bridgehead atoms. The van der Waals surface area contributed by atoms with Gasteiger partial charge >= 0.3 is 0 Å². The summed E-state index contributed by atoms with van der Waals surface area (Å²) in [6.07, 6.45) is 17.3. The topological polar surface area (TPSA) is 20.2 Å². The molecule has 1 heteroatoms. The predicted molar refractivity (Wildman–Crippen MR) is 90.1 cm³/mol. The molecule has 0 amide bonds. The fraction of sp³-hybridized carbons (Fsp3) is 0.905. The molecule has 0 aliphatic heterocycles. The molecular formula is C21H32O. The van der Waals surface area contributed by atoms with E-state index in [0.717, 1.165) is 36.5 Å². The molecule has 8 atom stereocenters. The van der Waals surface area contributed by atoms with Gasteiger partial charge in [0, 0.05) is 5.92 Å². The van der Waals surface area contributed by atoms with Gasteiger partial charge in [-0.1, -0.05) is 13.8 Å². The molecule has 0 spiro atoms. The van der Waals surface area contributed by atoms with Crippen molar-refractivity contribution in [3.05, 3.63) is 0 Å². The third-order valence-electron chi connectivity index (χ3n) is 8.84. The Labute approximate surface area is 136 Å². The van der Waals surface area contributed by atoms with Crippen molar-refractivity contribution in [2.75, 3.05) is 0 Å². The highest BCUT2D eigenvalue weighted by Crippen LogP contribution is 2.67. The molecule has 1 N–H and O–H groups in total. The Morgan fingerprint density at radius 3 is 2.41 bits per heavy atom. The zero-order chi connectivity index (χ0) is 15.5. The van der Waals surface area contributed by atoms with Crippen molar-refractivity contribution in [2.45, 2.75) is 77.7 Å². The average molecular weight is 300 g/mol. The van der Waals surface area contributed by atoms with Gasteiger partial charge < -0.3 is 5.11 Å². The van der Waals surface area contributed by atoms with Crippen LogP contribution in [0.1, 0.15) is 71.6 Å². The molecule has 22 heavy (non-hydrogen) atoms. The van der Waals surface area contributed by atoms with Gasteiger partial charge in [0.25, 0.3) is 0 Å². The number of hydrogen-bond donors (Lipinski definition) is 1. The van der Waals surface area contributed by atoms with Crippen LogP contribution in [0, 0.1) is 52.8 Å². The Morgan fingerprint density at radius 1 is 0.909 bits per heavy atom. The standard InChI is InChI=1S/C21H32O/c1-4-14-6-8-18-17-7-5-15-13-16(22)9-11-21(15,3)19(17)10-12-20(14,18)2/h1,14-19,22H,5-13H2,2-3H3/t14-,15-,16+,17-,18-,19-,20+,21-/m0/s1. The number of terminal acetylenes is 1. The SMILES string of the molecule is C#C[C@H]1CC[C@H]2[C@@H]3CC[C@H]4C[C@H](O)CC[C@]4(C)[C@H]3CC[C@]12C. The number of fused-ring (bicyclic) bond motifs is 5. The maximum Gasteiger partial charge on any atom is 0.0543 e. The van der Waals surface area contributed by atoms with Crippen LogP contribution in [-0.4, -0.2) is 11.2 Å². The summed E-state index contributed by atoms with van der Waals surface area (Å²) in [5, 5.41) is 10.1. The summed E-state index contributed by atoms with van der Waals surface area (Å²) in [5.74, 6) is 7.11. The number of rotatable bonds is 0. The summed E-state index contributed by atoms with van der Waals surface area (Å²) in [5.41, 5.74) is 0.922. The van der Waals surface area contributed by atoms with Gasteiger partial charge in [-0.25, -0.2) is 0 Å². The van der Waals surface area contributed by atoms with Gasteiger partial charge in [-0.05, 0) is 92.3 Å². The van der Waals surface area contributed by atoms with Crippen molar-refractivity contribution in [3.8, 4) is 12.3 Å². The van der Waals surface area contributed by atoms with Crippen molar-refractivity contribution >= 4 is 0 Å². The van der Waals surface area contributed by atoms with E-state index in [1.807, 2.05) is 0 Å². The van der Waals surface area contributed by atoms with E-state index in [-0.39, 0.29) is 6.10 Å². The minimum Gasteiger partial charge on any atom is -0.393 e. The van der Waals surface area contributed by atoms with Gasteiger partial charge in [-0.3, -0.25) is 0 Å². The molecule has 0 heterocycles. The average Bonchev–Trinajstić information content (AvgIpc) is 2.84. The highest BCUT2D eigenvalue weighted by atomic mass is 16.3. The Morgan fingerprint density at radius 2 is 1.64 bits per heavy atom. The predicted octanol–water partition coefficient (Wildman–Crippen LogP) is 4.64. The summed E-state index contributed by atoms with van der Waals surface area (Å²) in [4.78, 5) is 0. The second-order valence-corrected chi connectivity index (χ2v) is 9.43. The van der Waals surface area contributed by atoms with Crippen LogP contribution < -0.4 is 0 Å². The molecule has 4 aliphatic rings. The summed E-state index contributed by atoms with van der Waals surface area (Å²) >= 11 is 0. The van der Waals surface area contributed by atoms with Crippen molar-refractivity contribution in [1.82, 2.24) is 0 Å². The smallest absolute Gasteiger partial charge is 0.0543 e. The third kappa shape index (κ3) is 1.89. The van der Waals surface area contributed by atoms with Crippen LogP contribution in [-0.2, 0) is 0 Å². The third-order valence-corrected chi connectivity index (χ3v) is 8.84. The van der Waals surface area contributed by atoms with Crippen LogP contribution in [0.15, 0.2) is 0 Å². The molecule has 4 aliphatic carbocycles. The van der Waals surface area contributed by atoms with Crippen LogP contribution in [0.3, 0.4) is 0 Å². The first-order chi connectivity index (χ1) is 10.5. The first-order valence-electron chi connectivity index (χ1n) is 9.63. The zero-order valence-electron chi connectivity index (χ0n) is 14.4. The van der Waals surface area contributed by atoms with Crippen LogP contribution in [0.4, 0.5) is 0 Å². The summed E-state index contributed by atoms with van der Waals surface area (Å²) < 4.78 is 0. The zero-order valence-corrected chi connectivity index (χ0v) is 14.4. The molecule has 0 radical (unpaired) electrons. The molecule has 4 rings (SSSR count). The van der Waals surface area contributed by atoms with Gasteiger partial charge in [0.05, 0.1) is 6.10 Å². The van der Waals surface area contributed by atoms with Gasteiger partial charge in [0.15, 0.2) is 0 Å². The lowest BCUT2D eigenvalue weighted by Gasteiger charge is -2.60. The van der Waals surface area contributed by atoms with E-state index in [1.54, 1.807) is 0 Å². The molecule has 0 unspecified atom stereocenters. The van der Waals surface area contributed by atoms with E-state index in [1.165, 1.54) is 44.9 Å². The molecule has 4 fully saturated rings. The molecule has 0 aromatic heterocycles. The molecule has 122 valence electrons. The van der Waals surface area contributed by atoms with Crippen molar-refractivity contribution in [3.63, 3.8) is 0 Å². The number of hydrogen-bond acceptors (Lipinski definition) is 1. The van der Waals surface area contributed by atoms with Crippen LogP contribution in [0.2, 0.25) is 0 Å². The lowest BCUT2D eigenvalue weighted by Crippen LogP contribution is -2.53. The molecule has 4 saturated carbocycles. The quantitative estimate of drug-likeness (QED) is 0.646. The highest BCUT2D eigenvalue weighted by molar-refractivity contribution is 5.14. The lowest BCUT2D eigenvalue weighted by molar-refractivity contribution is -0.124. The van der Waals surface area contributed by atoms with E-state index in [0.29, 0.717) is 16.7 Å². The molecular weight excluding hydrogens is 268 g/mol. The monoisotopic (exact) mass is 300 g/mol. The Hall–Kier alpha value is -0.480. The Bertz CT molecular complexity index is 491. The number of aliphatic hydroxyl groups is 1. The fourth-order valence-corrected chi connectivity index (χ4v) is 7.51. The van der Waals surface area contributed by atoms with E-state index in [2.05, 4.69) is 19.8 Å². The minimum atomic E-state index is -0.0271. The largest absolute Gasteiger partial charge is 0.393 e. The van der Waals surface area contributed by atoms with E-state index in [4.69, 9.17) is 6.42 Å². The summed E-state index contributed by atoms with van der Waals surface area (Å²) in [6.45, 7) is 5.07. The van der Waals surface area contributed by atoms with E-state index < -0.39 is 0 Å². The van der Waals surface area contributed by atoms with Gasteiger partial charge in [0.1, 0.15) is 0 Å². The van der Waals surface area contributed by atoms with Gasteiger partial charge in [0.2, 0.25) is 0 Å². The molecule has 0 aromatic carbocycles. The Balaban J connectivity index is 1.62. The first-order valence-corrected chi connectivity index (χ1v) is 9.63. The normalized spacial score (nSPS) is 57.4. The summed E-state index contributed by atoms with van der Waals surface area (Å²) in [6, 6.07) is 0. The second-order valence-electron chi connectivity index (χ2n) is 9.43. The molecule has 0 saturated heterocycles. The fourth-order valence-electron chi connectivity index (χ4n) is 7.51. The van der Waals surface area contributed by atoms with E-state index in [9.17, 15) is 5.11 Å². The molecule has 1 nitrogen and oxygen atoms in total. The summed E-state index contributed by atoms with van der Waals surface area (Å²) in [7, 11) is 0. The lowest BCUT2D eigenvalue weighted by atomic mass is 9.44. The minimum absolute atomic E-state index is 0.0271. The Kier molecular flexibility index (Phi) is 3.43. The van der Waals surface area contributed by atoms with Crippen molar-refractivity contribution < 1.29 is 5.11 Å². The van der Waals surface area contributed by atoms with Crippen LogP contribution in [0.5, 0.6) is 0 Å². The van der Waals surface area contributed by atoms with Crippen molar-refractivity contribution in [2.24, 2.45) is 40.4 Å². The highest BCUT2D eigenvalue weighted by Gasteiger charge is 2.59. The number of aliphatic hydroxyl groups excluding tert-OH is 1. The van der Waals surface area contributed by atoms with Gasteiger partial charge in [-0.2, -0.15) is 0 Å². The van der Waals surface area contributed by atoms with Crippen LogP contribution in [0.25, 0.3) is 0 Å². The second kappa shape index (κ2) is 5.01. The van der Waals surface area contributed by atoms with Crippen LogP contribution >= 0.6 is 0 Å². The molecule has 0 aromatic rings.